The van der Waals surface area contributed by atoms with Crippen LogP contribution in [0.25, 0.3) is 0 Å². The largest absolute Gasteiger partial charge is 0.352 e. The molecule has 2 atom stereocenters. The Labute approximate surface area is 179 Å². The molecule has 0 unspecified atom stereocenters. The van der Waals surface area contributed by atoms with Crippen molar-refractivity contribution in [1.29, 1.82) is 0 Å². The third-order valence-corrected chi connectivity index (χ3v) is 5.34. The zero-order chi connectivity index (χ0) is 21.4. The molecule has 4 nitrogen and oxygen atoms in total. The monoisotopic (exact) mass is 414 g/mol. The second-order valence-corrected chi connectivity index (χ2v) is 7.99. The van der Waals surface area contributed by atoms with Crippen LogP contribution in [0.15, 0.2) is 48.5 Å². The number of nitrogens with one attached hydrogen (secondary N) is 1. The second kappa shape index (κ2) is 11.0. The zero-order valence-electron chi connectivity index (χ0n) is 17.7. The molecule has 0 saturated heterocycles. The summed E-state index contributed by atoms with van der Waals surface area (Å²) < 4.78 is 0. The number of rotatable bonds is 9. The summed E-state index contributed by atoms with van der Waals surface area (Å²) in [7, 11) is 0. The van der Waals surface area contributed by atoms with E-state index in [1.54, 1.807) is 17.0 Å². The van der Waals surface area contributed by atoms with Crippen molar-refractivity contribution in [2.45, 2.75) is 65.6 Å². The number of amides is 2. The number of carbonyl (C=O) groups is 2. The number of halogens is 1. The van der Waals surface area contributed by atoms with E-state index in [2.05, 4.69) is 5.32 Å². The van der Waals surface area contributed by atoms with Crippen molar-refractivity contribution >= 4 is 23.4 Å². The Hall–Kier alpha value is -2.33. The lowest BCUT2D eigenvalue weighted by atomic mass is 10.1. The topological polar surface area (TPSA) is 49.4 Å². The van der Waals surface area contributed by atoms with Crippen LogP contribution in [0.2, 0.25) is 5.02 Å². The van der Waals surface area contributed by atoms with E-state index in [-0.39, 0.29) is 24.3 Å². The fourth-order valence-electron chi connectivity index (χ4n) is 3.17. The minimum Gasteiger partial charge on any atom is -0.352 e. The van der Waals surface area contributed by atoms with Crippen molar-refractivity contribution in [2.24, 2.45) is 0 Å². The van der Waals surface area contributed by atoms with Gasteiger partial charge in [0.05, 0.1) is 6.42 Å². The van der Waals surface area contributed by atoms with Gasteiger partial charge in [0.1, 0.15) is 6.04 Å². The fourth-order valence-corrected chi connectivity index (χ4v) is 3.39. The van der Waals surface area contributed by atoms with Gasteiger partial charge in [0.2, 0.25) is 11.8 Å². The van der Waals surface area contributed by atoms with E-state index in [1.165, 1.54) is 0 Å². The van der Waals surface area contributed by atoms with E-state index >= 15 is 0 Å². The minimum atomic E-state index is -0.517. The van der Waals surface area contributed by atoms with Crippen molar-refractivity contribution in [3.63, 3.8) is 0 Å². The molecule has 29 heavy (non-hydrogen) atoms. The van der Waals surface area contributed by atoms with Crippen LogP contribution in [0.4, 0.5) is 0 Å². The first kappa shape index (κ1) is 23.0. The highest BCUT2D eigenvalue weighted by Crippen LogP contribution is 2.17. The van der Waals surface area contributed by atoms with Crippen LogP contribution in [0.1, 0.15) is 50.3 Å². The lowest BCUT2D eigenvalue weighted by Crippen LogP contribution is -2.51. The summed E-state index contributed by atoms with van der Waals surface area (Å²) in [4.78, 5) is 27.9. The average Bonchev–Trinajstić information content (AvgIpc) is 2.69. The SMILES string of the molecule is CC[C@H](C(=O)N[C@@H](C)CC)N(Cc1ccc(C)cc1)C(=O)Cc1cccc(Cl)c1. The summed E-state index contributed by atoms with van der Waals surface area (Å²) in [6, 6.07) is 14.9. The molecule has 0 heterocycles. The fraction of sp³-hybridized carbons (Fsp3) is 0.417. The summed E-state index contributed by atoms with van der Waals surface area (Å²) in [6.45, 7) is 8.37. The standard InChI is InChI=1S/C24H31ClN2O2/c1-5-18(4)26-24(29)22(6-2)27(16-19-12-10-17(3)11-13-19)23(28)15-20-8-7-9-21(25)14-20/h7-14,18,22H,5-6,15-16H2,1-4H3,(H,26,29)/t18-,22+/m0/s1. The number of benzene rings is 2. The minimum absolute atomic E-state index is 0.0702. The van der Waals surface area contributed by atoms with Gasteiger partial charge in [-0.1, -0.05) is 67.4 Å². The molecule has 0 fully saturated rings. The van der Waals surface area contributed by atoms with Gasteiger partial charge < -0.3 is 10.2 Å². The lowest BCUT2D eigenvalue weighted by Gasteiger charge is -2.31. The van der Waals surface area contributed by atoms with Crippen LogP contribution in [0.5, 0.6) is 0 Å². The molecule has 156 valence electrons. The van der Waals surface area contributed by atoms with Gasteiger partial charge in [-0.3, -0.25) is 9.59 Å². The third-order valence-electron chi connectivity index (χ3n) is 5.10. The molecule has 0 radical (unpaired) electrons. The molecule has 0 saturated carbocycles. The highest BCUT2D eigenvalue weighted by atomic mass is 35.5. The predicted octanol–water partition coefficient (Wildman–Crippen LogP) is 4.91. The summed E-state index contributed by atoms with van der Waals surface area (Å²) in [5, 5.41) is 3.63. The normalized spacial score (nSPS) is 12.9. The average molecular weight is 415 g/mol. The molecule has 2 aromatic rings. The smallest absolute Gasteiger partial charge is 0.243 e. The summed E-state index contributed by atoms with van der Waals surface area (Å²) in [5.41, 5.74) is 3.01. The number of hydrogen-bond donors (Lipinski definition) is 1. The predicted molar refractivity (Wildman–Crippen MR) is 119 cm³/mol. The lowest BCUT2D eigenvalue weighted by molar-refractivity contribution is -0.141. The van der Waals surface area contributed by atoms with E-state index in [9.17, 15) is 9.59 Å². The summed E-state index contributed by atoms with van der Waals surface area (Å²) >= 11 is 6.08. The maximum atomic E-state index is 13.3. The van der Waals surface area contributed by atoms with Crippen molar-refractivity contribution in [3.8, 4) is 0 Å². The Morgan fingerprint density at radius 3 is 2.31 bits per heavy atom. The van der Waals surface area contributed by atoms with Gasteiger partial charge in [-0.25, -0.2) is 0 Å². The van der Waals surface area contributed by atoms with Crippen molar-refractivity contribution < 1.29 is 9.59 Å². The molecule has 0 spiro atoms. The van der Waals surface area contributed by atoms with E-state index in [4.69, 9.17) is 11.6 Å². The van der Waals surface area contributed by atoms with Crippen LogP contribution in [-0.4, -0.2) is 28.8 Å². The Balaban J connectivity index is 2.28. The maximum absolute atomic E-state index is 13.3. The quantitative estimate of drug-likeness (QED) is 0.633. The zero-order valence-corrected chi connectivity index (χ0v) is 18.5. The van der Waals surface area contributed by atoms with Gasteiger partial charge in [0.15, 0.2) is 0 Å². The molecule has 0 aliphatic heterocycles. The van der Waals surface area contributed by atoms with E-state index in [0.717, 1.165) is 23.1 Å². The molecule has 5 heteroatoms. The molecule has 2 aromatic carbocycles. The van der Waals surface area contributed by atoms with E-state index < -0.39 is 6.04 Å². The Kier molecular flexibility index (Phi) is 8.71. The molecule has 0 aliphatic carbocycles. The molecule has 0 bridgehead atoms. The summed E-state index contributed by atoms with van der Waals surface area (Å²) in [6.07, 6.45) is 1.60. The molecular weight excluding hydrogens is 384 g/mol. The molecule has 0 aliphatic rings. The van der Waals surface area contributed by atoms with Crippen molar-refractivity contribution in [3.05, 3.63) is 70.2 Å². The highest BCUT2D eigenvalue weighted by Gasteiger charge is 2.29. The highest BCUT2D eigenvalue weighted by molar-refractivity contribution is 6.30. The molecule has 2 amide bonds. The first-order chi connectivity index (χ1) is 13.8. The first-order valence-corrected chi connectivity index (χ1v) is 10.6. The number of carbonyl (C=O) groups excluding carboxylic acids is 2. The Morgan fingerprint density at radius 2 is 1.72 bits per heavy atom. The Bertz CT molecular complexity index is 820. The molecular formula is C24H31ClN2O2. The van der Waals surface area contributed by atoms with Gasteiger partial charge >= 0.3 is 0 Å². The van der Waals surface area contributed by atoms with E-state index in [0.29, 0.717) is 18.0 Å². The number of aryl methyl sites for hydroxylation is 1. The van der Waals surface area contributed by atoms with Gasteiger partial charge in [0, 0.05) is 17.6 Å². The van der Waals surface area contributed by atoms with Crippen LogP contribution in [-0.2, 0) is 22.6 Å². The molecule has 0 aromatic heterocycles. The number of hydrogen-bond acceptors (Lipinski definition) is 2. The van der Waals surface area contributed by atoms with Crippen LogP contribution in [0, 0.1) is 6.92 Å². The van der Waals surface area contributed by atoms with Crippen molar-refractivity contribution in [2.75, 3.05) is 0 Å². The van der Waals surface area contributed by atoms with Crippen LogP contribution in [0.3, 0.4) is 0 Å². The van der Waals surface area contributed by atoms with E-state index in [1.807, 2.05) is 64.1 Å². The first-order valence-electron chi connectivity index (χ1n) is 10.2. The molecule has 1 N–H and O–H groups in total. The van der Waals surface area contributed by atoms with Crippen LogP contribution < -0.4 is 5.32 Å². The van der Waals surface area contributed by atoms with Gasteiger partial charge in [0.25, 0.3) is 0 Å². The van der Waals surface area contributed by atoms with Gasteiger partial charge in [-0.05, 0) is 49.9 Å². The summed E-state index contributed by atoms with van der Waals surface area (Å²) in [5.74, 6) is -0.188. The third kappa shape index (κ3) is 6.90. The Morgan fingerprint density at radius 1 is 1.03 bits per heavy atom. The van der Waals surface area contributed by atoms with Crippen molar-refractivity contribution in [1.82, 2.24) is 10.2 Å². The van der Waals surface area contributed by atoms with Crippen LogP contribution >= 0.6 is 11.6 Å². The number of nitrogens with zero attached hydrogens (tertiary/aromatic N) is 1. The molecule has 2 rings (SSSR count). The second-order valence-electron chi connectivity index (χ2n) is 7.56. The van der Waals surface area contributed by atoms with Gasteiger partial charge in [-0.15, -0.1) is 0 Å². The van der Waals surface area contributed by atoms with Gasteiger partial charge in [-0.2, -0.15) is 0 Å². The maximum Gasteiger partial charge on any atom is 0.243 e.